The quantitative estimate of drug-likeness (QED) is 0.169. The van der Waals surface area contributed by atoms with E-state index in [2.05, 4.69) is 15.0 Å². The molecule has 0 saturated heterocycles. The Bertz CT molecular complexity index is 2180. The van der Waals surface area contributed by atoms with Crippen molar-refractivity contribution in [3.8, 4) is 28.3 Å². The van der Waals surface area contributed by atoms with Crippen LogP contribution in [0.25, 0.3) is 33.4 Å². The number of ether oxygens (including phenoxy) is 2. The topological polar surface area (TPSA) is 119 Å². The van der Waals surface area contributed by atoms with Gasteiger partial charge in [-0.15, -0.1) is 0 Å². The van der Waals surface area contributed by atoms with Crippen molar-refractivity contribution in [1.29, 1.82) is 0 Å². The van der Waals surface area contributed by atoms with E-state index in [9.17, 15) is 19.1 Å². The largest absolute Gasteiger partial charge is 0.478 e. The highest BCUT2D eigenvalue weighted by atomic mass is 19.1. The zero-order valence-electron chi connectivity index (χ0n) is 25.0. The first-order chi connectivity index (χ1) is 22.7. The molecule has 0 saturated carbocycles. The second-order valence-corrected chi connectivity index (χ2v) is 10.7. The van der Waals surface area contributed by atoms with E-state index < -0.39 is 23.4 Å². The Hall–Kier alpha value is -5.75. The number of imidazole rings is 1. The average molecular weight is 641 g/mol. The minimum absolute atomic E-state index is 0.0464. The minimum Gasteiger partial charge on any atom is -0.478 e. The van der Waals surface area contributed by atoms with Crippen LogP contribution in [0.1, 0.15) is 27.3 Å². The van der Waals surface area contributed by atoms with Crippen molar-refractivity contribution in [2.24, 2.45) is 0 Å². The number of H-pyrrole nitrogens is 1. The molecule has 0 aliphatic carbocycles. The minimum atomic E-state index is -1.09. The van der Waals surface area contributed by atoms with Crippen LogP contribution < -0.4 is 10.3 Å². The fourth-order valence-corrected chi connectivity index (χ4v) is 5.23. The van der Waals surface area contributed by atoms with Crippen molar-refractivity contribution in [1.82, 2.24) is 19.5 Å². The Kier molecular flexibility index (Phi) is 8.85. The molecule has 0 aliphatic rings. The summed E-state index contributed by atoms with van der Waals surface area (Å²) in [7, 11) is 1.52. The number of halogens is 3. The highest BCUT2D eigenvalue weighted by Crippen LogP contribution is 2.29. The molecule has 3 aromatic heterocycles. The number of methoxy groups -OCH3 is 1. The first-order valence-electron chi connectivity index (χ1n) is 14.5. The summed E-state index contributed by atoms with van der Waals surface area (Å²) in [6.45, 7) is 0.446. The first kappa shape index (κ1) is 31.2. The normalized spacial score (nSPS) is 11.2. The molecule has 0 unspecified atom stereocenters. The predicted molar refractivity (Wildman–Crippen MR) is 168 cm³/mol. The van der Waals surface area contributed by atoms with Gasteiger partial charge in [-0.25, -0.2) is 27.9 Å². The molecule has 238 valence electrons. The van der Waals surface area contributed by atoms with Gasteiger partial charge in [0.1, 0.15) is 29.9 Å². The Morgan fingerprint density at radius 3 is 2.47 bits per heavy atom. The molecule has 47 heavy (non-hydrogen) atoms. The van der Waals surface area contributed by atoms with Crippen LogP contribution in [0.5, 0.6) is 5.88 Å². The third-order valence-electron chi connectivity index (χ3n) is 7.61. The van der Waals surface area contributed by atoms with E-state index in [0.29, 0.717) is 41.1 Å². The molecule has 0 spiro atoms. The number of hydrogen-bond donors (Lipinski definition) is 2. The number of aromatic amines is 1. The summed E-state index contributed by atoms with van der Waals surface area (Å²) < 4.78 is 58.4. The maximum atomic E-state index is 15.5. The lowest BCUT2D eigenvalue weighted by atomic mass is 10.0. The number of rotatable bonds is 11. The van der Waals surface area contributed by atoms with Crippen LogP contribution in [-0.2, 0) is 24.3 Å². The fourth-order valence-electron chi connectivity index (χ4n) is 5.23. The summed E-state index contributed by atoms with van der Waals surface area (Å²) in [6, 6.07) is 18.8. The lowest BCUT2D eigenvalue weighted by molar-refractivity contribution is 0.0697. The number of carboxylic acid groups (broad SMARTS) is 1. The number of aromatic carboxylic acids is 1. The number of hydrogen-bond acceptors (Lipinski definition) is 6. The maximum Gasteiger partial charge on any atom is 0.335 e. The Morgan fingerprint density at radius 1 is 0.894 bits per heavy atom. The van der Waals surface area contributed by atoms with Gasteiger partial charge >= 0.3 is 5.97 Å². The number of carboxylic acids is 1. The molecular weight excluding hydrogens is 613 g/mol. The number of nitrogens with zero attached hydrogens (tertiary/aromatic N) is 3. The van der Waals surface area contributed by atoms with E-state index in [1.54, 1.807) is 28.8 Å². The Labute approximate surface area is 265 Å². The fraction of sp³-hybridized carbons (Fsp3) is 0.143. The van der Waals surface area contributed by atoms with Gasteiger partial charge in [0.25, 0.3) is 0 Å². The van der Waals surface area contributed by atoms with Gasteiger partial charge in [-0.1, -0.05) is 18.2 Å². The summed E-state index contributed by atoms with van der Waals surface area (Å²) in [5.74, 6) is -2.55. The van der Waals surface area contributed by atoms with Gasteiger partial charge in [0.2, 0.25) is 11.4 Å². The van der Waals surface area contributed by atoms with E-state index in [1.165, 1.54) is 55.8 Å². The van der Waals surface area contributed by atoms with E-state index in [-0.39, 0.29) is 52.4 Å². The standard InChI is InChI=1S/C35H27F3N4O5/c1-46-12-11-42-31-15-22(35(44)45)7-8-30(31)40-32(42)16-24-14-28(38)25(18-27(24)37)29-3-2-4-34(41-29)47-19-23-6-5-20(13-26(23)36)21-9-10-39-33(43)17-21/h2-10,13-15,17-18H,11-12,16,19H2,1H3,(H,39,43)(H,44,45). The number of pyridine rings is 2. The molecule has 0 amide bonds. The highest BCUT2D eigenvalue weighted by molar-refractivity contribution is 5.92. The zero-order chi connectivity index (χ0) is 33.1. The number of fused-ring (bicyclic) bond motifs is 1. The molecule has 0 atom stereocenters. The summed E-state index contributed by atoms with van der Waals surface area (Å²) in [5, 5.41) is 9.42. The molecule has 12 heteroatoms. The smallest absolute Gasteiger partial charge is 0.335 e. The molecule has 2 N–H and O–H groups in total. The molecule has 0 bridgehead atoms. The summed E-state index contributed by atoms with van der Waals surface area (Å²) >= 11 is 0. The summed E-state index contributed by atoms with van der Waals surface area (Å²) in [6.07, 6.45) is 1.42. The van der Waals surface area contributed by atoms with Crippen molar-refractivity contribution >= 4 is 17.0 Å². The number of aromatic nitrogens is 4. The van der Waals surface area contributed by atoms with Gasteiger partial charge in [0.15, 0.2) is 0 Å². The van der Waals surface area contributed by atoms with Crippen LogP contribution in [0.4, 0.5) is 13.2 Å². The SMILES string of the molecule is COCCn1c(Cc2cc(F)c(-c3cccc(OCc4ccc(-c5cc[nH]c(=O)c5)cc4F)n3)cc2F)nc2ccc(C(=O)O)cc21. The van der Waals surface area contributed by atoms with Crippen LogP contribution in [0.15, 0.2) is 89.9 Å². The molecule has 3 heterocycles. The molecule has 0 aliphatic heterocycles. The molecule has 6 rings (SSSR count). The Morgan fingerprint density at radius 2 is 1.70 bits per heavy atom. The number of benzene rings is 3. The van der Waals surface area contributed by atoms with E-state index in [4.69, 9.17) is 9.47 Å². The van der Waals surface area contributed by atoms with E-state index in [0.717, 1.165) is 12.1 Å². The number of carbonyl (C=O) groups is 1. The Balaban J connectivity index is 1.21. The van der Waals surface area contributed by atoms with Gasteiger partial charge in [-0.3, -0.25) is 4.79 Å². The highest BCUT2D eigenvalue weighted by Gasteiger charge is 2.19. The third kappa shape index (κ3) is 6.77. The molecule has 3 aromatic carbocycles. The van der Waals surface area contributed by atoms with Crippen LogP contribution in [0.2, 0.25) is 0 Å². The van der Waals surface area contributed by atoms with Crippen molar-refractivity contribution in [3.05, 3.63) is 135 Å². The molecular formula is C35H27F3N4O5. The van der Waals surface area contributed by atoms with Gasteiger partial charge in [0.05, 0.1) is 28.9 Å². The summed E-state index contributed by atoms with van der Waals surface area (Å²) in [4.78, 5) is 34.5. The van der Waals surface area contributed by atoms with E-state index >= 15 is 8.78 Å². The molecule has 9 nitrogen and oxygen atoms in total. The molecule has 0 radical (unpaired) electrons. The van der Waals surface area contributed by atoms with Crippen molar-refractivity contribution in [2.75, 3.05) is 13.7 Å². The van der Waals surface area contributed by atoms with Crippen molar-refractivity contribution in [3.63, 3.8) is 0 Å². The van der Waals surface area contributed by atoms with Crippen molar-refractivity contribution < 1.29 is 32.5 Å². The van der Waals surface area contributed by atoms with Gasteiger partial charge in [-0.2, -0.15) is 0 Å². The van der Waals surface area contributed by atoms with E-state index in [1.807, 2.05) is 0 Å². The van der Waals surface area contributed by atoms with Crippen LogP contribution in [0.3, 0.4) is 0 Å². The first-order valence-corrected chi connectivity index (χ1v) is 14.5. The van der Waals surface area contributed by atoms with Crippen LogP contribution in [0, 0.1) is 17.5 Å². The van der Waals surface area contributed by atoms with Crippen LogP contribution in [-0.4, -0.2) is 44.3 Å². The zero-order valence-corrected chi connectivity index (χ0v) is 25.0. The predicted octanol–water partition coefficient (Wildman–Crippen LogP) is 6.39. The van der Waals surface area contributed by atoms with Crippen molar-refractivity contribution in [2.45, 2.75) is 19.6 Å². The number of nitrogens with one attached hydrogen (secondary N) is 1. The lowest BCUT2D eigenvalue weighted by Gasteiger charge is -2.12. The van der Waals surface area contributed by atoms with Crippen LogP contribution >= 0.6 is 0 Å². The van der Waals surface area contributed by atoms with Gasteiger partial charge in [-0.05, 0) is 65.2 Å². The summed E-state index contributed by atoms with van der Waals surface area (Å²) in [5.41, 5.74) is 2.23. The second-order valence-electron chi connectivity index (χ2n) is 10.7. The lowest BCUT2D eigenvalue weighted by Crippen LogP contribution is -2.10. The molecule has 6 aromatic rings. The second kappa shape index (κ2) is 13.3. The monoisotopic (exact) mass is 640 g/mol. The average Bonchev–Trinajstić information content (AvgIpc) is 3.40. The molecule has 0 fully saturated rings. The third-order valence-corrected chi connectivity index (χ3v) is 7.61. The van der Waals surface area contributed by atoms with Gasteiger partial charge < -0.3 is 24.1 Å². The van der Waals surface area contributed by atoms with Gasteiger partial charge in [0, 0.05) is 49.5 Å². The maximum absolute atomic E-state index is 15.5.